The van der Waals surface area contributed by atoms with Gasteiger partial charge in [-0.3, -0.25) is 9.59 Å². The lowest BCUT2D eigenvalue weighted by atomic mass is 10.1. The molecule has 5 nitrogen and oxygen atoms in total. The Bertz CT molecular complexity index is 869. The predicted octanol–water partition coefficient (Wildman–Crippen LogP) is 3.08. The number of nitrogens with one attached hydrogen (secondary N) is 1. The number of hydrogen-bond acceptors (Lipinski definition) is 4. The van der Waals surface area contributed by atoms with Crippen molar-refractivity contribution in [1.29, 1.82) is 0 Å². The monoisotopic (exact) mass is 291 g/mol. The van der Waals surface area contributed by atoms with Crippen molar-refractivity contribution in [2.24, 2.45) is 0 Å². The molecule has 0 aliphatic heterocycles. The van der Waals surface area contributed by atoms with E-state index in [1.165, 1.54) is 13.3 Å². The first kappa shape index (κ1) is 13.9. The van der Waals surface area contributed by atoms with Crippen molar-refractivity contribution in [1.82, 2.24) is 9.97 Å². The Labute approximate surface area is 127 Å². The third-order valence-electron chi connectivity index (χ3n) is 3.28. The summed E-state index contributed by atoms with van der Waals surface area (Å²) in [5, 5.41) is 3.45. The smallest absolute Gasteiger partial charge is 0.275 e. The molecule has 1 N–H and O–H groups in total. The van der Waals surface area contributed by atoms with Crippen LogP contribution >= 0.6 is 0 Å². The van der Waals surface area contributed by atoms with Crippen LogP contribution in [-0.2, 0) is 0 Å². The number of aromatic nitrogens is 2. The van der Waals surface area contributed by atoms with Crippen LogP contribution in [0.3, 0.4) is 0 Å². The van der Waals surface area contributed by atoms with Crippen LogP contribution < -0.4 is 5.32 Å². The van der Waals surface area contributed by atoms with Gasteiger partial charge in [0.05, 0.1) is 5.52 Å². The number of hydrogen-bond donors (Lipinski definition) is 1. The molecular weight excluding hydrogens is 278 g/mol. The molecule has 0 saturated heterocycles. The molecule has 1 aromatic heterocycles. The number of nitrogens with zero attached hydrogens (tertiary/aromatic N) is 2. The SMILES string of the molecule is CC(=O)c1cccc(NC(=O)c2ncnc3ccccc23)c1. The highest BCUT2D eigenvalue weighted by atomic mass is 16.2. The van der Waals surface area contributed by atoms with Gasteiger partial charge in [0, 0.05) is 16.6 Å². The molecule has 0 spiro atoms. The van der Waals surface area contributed by atoms with Gasteiger partial charge in [-0.05, 0) is 25.1 Å². The molecule has 0 aliphatic rings. The fourth-order valence-electron chi connectivity index (χ4n) is 2.19. The number of carbonyl (C=O) groups excluding carboxylic acids is 2. The molecule has 0 aliphatic carbocycles. The summed E-state index contributed by atoms with van der Waals surface area (Å²) in [7, 11) is 0. The fourth-order valence-corrected chi connectivity index (χ4v) is 2.19. The van der Waals surface area contributed by atoms with Gasteiger partial charge in [-0.25, -0.2) is 9.97 Å². The van der Waals surface area contributed by atoms with Crippen molar-refractivity contribution in [3.05, 3.63) is 66.1 Å². The van der Waals surface area contributed by atoms with Crippen LogP contribution in [0.5, 0.6) is 0 Å². The van der Waals surface area contributed by atoms with E-state index >= 15 is 0 Å². The van der Waals surface area contributed by atoms with Gasteiger partial charge in [-0.2, -0.15) is 0 Å². The molecule has 0 radical (unpaired) electrons. The molecule has 3 rings (SSSR count). The number of rotatable bonds is 3. The summed E-state index contributed by atoms with van der Waals surface area (Å²) < 4.78 is 0. The van der Waals surface area contributed by atoms with Crippen LogP contribution in [0.2, 0.25) is 0 Å². The van der Waals surface area contributed by atoms with Gasteiger partial charge >= 0.3 is 0 Å². The minimum Gasteiger partial charge on any atom is -0.321 e. The topological polar surface area (TPSA) is 72.0 Å². The first-order valence-electron chi connectivity index (χ1n) is 6.77. The van der Waals surface area contributed by atoms with E-state index in [1.54, 1.807) is 30.3 Å². The second kappa shape index (κ2) is 5.73. The Morgan fingerprint density at radius 3 is 2.64 bits per heavy atom. The Hall–Kier alpha value is -3.08. The second-order valence-corrected chi connectivity index (χ2v) is 4.83. The molecule has 1 heterocycles. The van der Waals surface area contributed by atoms with Gasteiger partial charge in [0.15, 0.2) is 5.78 Å². The zero-order valence-corrected chi connectivity index (χ0v) is 11.9. The molecule has 5 heteroatoms. The van der Waals surface area contributed by atoms with Crippen LogP contribution in [0.15, 0.2) is 54.9 Å². The number of carbonyl (C=O) groups is 2. The standard InChI is InChI=1S/C17H13N3O2/c1-11(21)12-5-4-6-13(9-12)20-17(22)16-14-7-2-3-8-15(14)18-10-19-16/h2-10H,1H3,(H,20,22). The summed E-state index contributed by atoms with van der Waals surface area (Å²) in [6.07, 6.45) is 1.36. The van der Waals surface area contributed by atoms with Crippen molar-refractivity contribution in [2.75, 3.05) is 5.32 Å². The van der Waals surface area contributed by atoms with Gasteiger partial charge in [0.1, 0.15) is 12.0 Å². The minimum atomic E-state index is -0.334. The number of Topliss-reactive ketones (excluding diaryl/α,β-unsaturated/α-hetero) is 1. The number of ketones is 1. The van der Waals surface area contributed by atoms with E-state index in [-0.39, 0.29) is 11.7 Å². The molecule has 2 aromatic carbocycles. The maximum absolute atomic E-state index is 12.4. The van der Waals surface area contributed by atoms with Crippen LogP contribution in [0.1, 0.15) is 27.8 Å². The second-order valence-electron chi connectivity index (χ2n) is 4.83. The maximum Gasteiger partial charge on any atom is 0.275 e. The highest BCUT2D eigenvalue weighted by molar-refractivity contribution is 6.11. The van der Waals surface area contributed by atoms with E-state index < -0.39 is 0 Å². The van der Waals surface area contributed by atoms with Gasteiger partial charge < -0.3 is 5.32 Å². The average Bonchev–Trinajstić information content (AvgIpc) is 2.54. The first-order chi connectivity index (χ1) is 10.6. The molecule has 0 unspecified atom stereocenters. The summed E-state index contributed by atoms with van der Waals surface area (Å²) in [6, 6.07) is 14.1. The quantitative estimate of drug-likeness (QED) is 0.753. The van der Waals surface area contributed by atoms with Crippen LogP contribution in [-0.4, -0.2) is 21.7 Å². The third kappa shape index (κ3) is 2.69. The minimum absolute atomic E-state index is 0.0522. The highest BCUT2D eigenvalue weighted by Gasteiger charge is 2.12. The summed E-state index contributed by atoms with van der Waals surface area (Å²) in [4.78, 5) is 32.0. The number of amides is 1. The van der Waals surface area contributed by atoms with Crippen LogP contribution in [0.25, 0.3) is 10.9 Å². The molecule has 0 saturated carbocycles. The largest absolute Gasteiger partial charge is 0.321 e. The van der Waals surface area contributed by atoms with Gasteiger partial charge in [0.2, 0.25) is 0 Å². The Kier molecular flexibility index (Phi) is 3.62. The Morgan fingerprint density at radius 2 is 1.82 bits per heavy atom. The molecular formula is C17H13N3O2. The summed E-state index contributed by atoms with van der Waals surface area (Å²) >= 11 is 0. The van der Waals surface area contributed by atoms with E-state index in [0.717, 1.165) is 0 Å². The van der Waals surface area contributed by atoms with Gasteiger partial charge in [0.25, 0.3) is 5.91 Å². The van der Waals surface area contributed by atoms with E-state index in [9.17, 15) is 9.59 Å². The van der Waals surface area contributed by atoms with E-state index in [2.05, 4.69) is 15.3 Å². The van der Waals surface area contributed by atoms with Crippen molar-refractivity contribution in [2.45, 2.75) is 6.92 Å². The van der Waals surface area contributed by atoms with E-state index in [4.69, 9.17) is 0 Å². The molecule has 0 bridgehead atoms. The van der Waals surface area contributed by atoms with Gasteiger partial charge in [-0.1, -0.05) is 30.3 Å². The molecule has 0 fully saturated rings. The van der Waals surface area contributed by atoms with Gasteiger partial charge in [-0.15, -0.1) is 0 Å². The molecule has 22 heavy (non-hydrogen) atoms. The average molecular weight is 291 g/mol. The van der Waals surface area contributed by atoms with Crippen molar-refractivity contribution in [3.8, 4) is 0 Å². The van der Waals surface area contributed by atoms with E-state index in [1.807, 2.05) is 18.2 Å². The van der Waals surface area contributed by atoms with Crippen molar-refractivity contribution >= 4 is 28.3 Å². The zero-order valence-electron chi connectivity index (χ0n) is 11.9. The molecule has 1 amide bonds. The number of fused-ring (bicyclic) bond motifs is 1. The number of anilines is 1. The zero-order chi connectivity index (χ0) is 15.5. The Balaban J connectivity index is 1.94. The highest BCUT2D eigenvalue weighted by Crippen LogP contribution is 2.17. The van der Waals surface area contributed by atoms with Crippen molar-refractivity contribution in [3.63, 3.8) is 0 Å². The van der Waals surface area contributed by atoms with Crippen molar-refractivity contribution < 1.29 is 9.59 Å². The lowest BCUT2D eigenvalue weighted by Gasteiger charge is -2.07. The lowest BCUT2D eigenvalue weighted by Crippen LogP contribution is -2.14. The Morgan fingerprint density at radius 1 is 1.00 bits per heavy atom. The summed E-state index contributed by atoms with van der Waals surface area (Å²) in [6.45, 7) is 1.48. The third-order valence-corrected chi connectivity index (χ3v) is 3.28. The maximum atomic E-state index is 12.4. The van der Waals surface area contributed by atoms with Crippen LogP contribution in [0, 0.1) is 0 Å². The molecule has 0 atom stereocenters. The van der Waals surface area contributed by atoms with Crippen LogP contribution in [0.4, 0.5) is 5.69 Å². The fraction of sp³-hybridized carbons (Fsp3) is 0.0588. The predicted molar refractivity (Wildman–Crippen MR) is 83.9 cm³/mol. The number of benzene rings is 2. The summed E-state index contributed by atoms with van der Waals surface area (Å²) in [5.41, 5.74) is 2.12. The molecule has 3 aromatic rings. The lowest BCUT2D eigenvalue weighted by molar-refractivity contribution is 0.101. The normalized spacial score (nSPS) is 10.4. The number of para-hydroxylation sites is 1. The molecule has 108 valence electrons. The first-order valence-corrected chi connectivity index (χ1v) is 6.77. The summed E-state index contributed by atoms with van der Waals surface area (Å²) in [5.74, 6) is -0.386. The van der Waals surface area contributed by atoms with E-state index in [0.29, 0.717) is 27.8 Å².